The summed E-state index contributed by atoms with van der Waals surface area (Å²) < 4.78 is 1.86. The Morgan fingerprint density at radius 3 is 2.58 bits per heavy atom. The second-order valence-corrected chi connectivity index (χ2v) is 5.56. The first kappa shape index (κ1) is 14.2. The Morgan fingerprint density at radius 2 is 2.05 bits per heavy atom. The number of hydrogen-bond acceptors (Lipinski definition) is 3. The Balaban J connectivity index is 1.98. The van der Waals surface area contributed by atoms with Gasteiger partial charge in [0.15, 0.2) is 0 Å². The van der Waals surface area contributed by atoms with E-state index < -0.39 is 0 Å². The summed E-state index contributed by atoms with van der Waals surface area (Å²) in [6.07, 6.45) is 8.27. The standard InChI is InChI=1S/C15H21N3S/c1-16-15(9-4-12-10-17-18(2)11-12)13-5-7-14(19-3)8-6-13/h5-8,10-11,15-16H,4,9H2,1-3H3. The third kappa shape index (κ3) is 3.85. The fraction of sp³-hybridized carbons (Fsp3) is 0.400. The van der Waals surface area contributed by atoms with Gasteiger partial charge in [-0.05, 0) is 49.4 Å². The topological polar surface area (TPSA) is 29.9 Å². The number of nitrogens with one attached hydrogen (secondary N) is 1. The molecule has 0 saturated heterocycles. The summed E-state index contributed by atoms with van der Waals surface area (Å²) in [5.41, 5.74) is 2.65. The average molecular weight is 275 g/mol. The smallest absolute Gasteiger partial charge is 0.0521 e. The van der Waals surface area contributed by atoms with Crippen molar-refractivity contribution in [1.29, 1.82) is 0 Å². The van der Waals surface area contributed by atoms with Crippen molar-refractivity contribution in [2.24, 2.45) is 7.05 Å². The molecule has 0 spiro atoms. The molecule has 0 radical (unpaired) electrons. The van der Waals surface area contributed by atoms with Gasteiger partial charge in [0.25, 0.3) is 0 Å². The Morgan fingerprint density at radius 1 is 1.32 bits per heavy atom. The van der Waals surface area contributed by atoms with E-state index >= 15 is 0 Å². The van der Waals surface area contributed by atoms with Crippen LogP contribution in [-0.2, 0) is 13.5 Å². The van der Waals surface area contributed by atoms with E-state index in [0.717, 1.165) is 12.8 Å². The molecule has 0 aliphatic heterocycles. The van der Waals surface area contributed by atoms with E-state index in [1.165, 1.54) is 16.0 Å². The van der Waals surface area contributed by atoms with Gasteiger partial charge in [-0.3, -0.25) is 4.68 Å². The van der Waals surface area contributed by atoms with Gasteiger partial charge in [-0.15, -0.1) is 11.8 Å². The van der Waals surface area contributed by atoms with Gasteiger partial charge in [0, 0.05) is 24.2 Å². The molecule has 1 aromatic carbocycles. The van der Waals surface area contributed by atoms with Crippen LogP contribution >= 0.6 is 11.8 Å². The highest BCUT2D eigenvalue weighted by Crippen LogP contribution is 2.22. The molecule has 102 valence electrons. The Kier molecular flexibility index (Phi) is 5.05. The number of aromatic nitrogens is 2. The molecule has 1 aromatic heterocycles. The molecule has 19 heavy (non-hydrogen) atoms. The zero-order valence-corrected chi connectivity index (χ0v) is 12.6. The molecule has 0 fully saturated rings. The number of aryl methyl sites for hydroxylation is 2. The molecular weight excluding hydrogens is 254 g/mol. The second kappa shape index (κ2) is 6.78. The van der Waals surface area contributed by atoms with Crippen molar-refractivity contribution < 1.29 is 0 Å². The summed E-state index contributed by atoms with van der Waals surface area (Å²) in [5.74, 6) is 0. The molecule has 2 aromatic rings. The van der Waals surface area contributed by atoms with Gasteiger partial charge < -0.3 is 5.32 Å². The Hall–Kier alpha value is -1.26. The Bertz CT molecular complexity index is 504. The van der Waals surface area contributed by atoms with Crippen molar-refractivity contribution in [3.63, 3.8) is 0 Å². The van der Waals surface area contributed by atoms with Crippen LogP contribution in [0.15, 0.2) is 41.6 Å². The average Bonchev–Trinajstić information content (AvgIpc) is 2.86. The maximum Gasteiger partial charge on any atom is 0.0521 e. The SMILES string of the molecule is CNC(CCc1cnn(C)c1)c1ccc(SC)cc1. The van der Waals surface area contributed by atoms with Crippen molar-refractivity contribution in [2.45, 2.75) is 23.8 Å². The lowest BCUT2D eigenvalue weighted by Crippen LogP contribution is -2.17. The van der Waals surface area contributed by atoms with Crippen LogP contribution < -0.4 is 5.32 Å². The zero-order valence-electron chi connectivity index (χ0n) is 11.8. The molecular formula is C15H21N3S. The lowest BCUT2D eigenvalue weighted by atomic mass is 10.0. The molecule has 3 nitrogen and oxygen atoms in total. The van der Waals surface area contributed by atoms with Crippen LogP contribution in [0.4, 0.5) is 0 Å². The third-order valence-corrected chi connectivity index (χ3v) is 4.09. The fourth-order valence-corrected chi connectivity index (χ4v) is 2.63. The first-order chi connectivity index (χ1) is 9.22. The van der Waals surface area contributed by atoms with Crippen LogP contribution in [0.5, 0.6) is 0 Å². The van der Waals surface area contributed by atoms with E-state index in [0.29, 0.717) is 6.04 Å². The highest BCUT2D eigenvalue weighted by Gasteiger charge is 2.09. The first-order valence-corrected chi connectivity index (χ1v) is 7.74. The molecule has 0 aliphatic rings. The molecule has 0 aliphatic carbocycles. The maximum absolute atomic E-state index is 4.21. The van der Waals surface area contributed by atoms with Crippen LogP contribution in [0.1, 0.15) is 23.6 Å². The van der Waals surface area contributed by atoms with Crippen LogP contribution in [0, 0.1) is 0 Å². The predicted molar refractivity (Wildman–Crippen MR) is 81.6 cm³/mol. The summed E-state index contributed by atoms with van der Waals surface area (Å²) in [6.45, 7) is 0. The molecule has 1 unspecified atom stereocenters. The van der Waals surface area contributed by atoms with E-state index in [1.54, 1.807) is 11.8 Å². The minimum absolute atomic E-state index is 0.399. The van der Waals surface area contributed by atoms with Gasteiger partial charge in [-0.1, -0.05) is 12.1 Å². The van der Waals surface area contributed by atoms with Crippen LogP contribution in [-0.4, -0.2) is 23.1 Å². The molecule has 4 heteroatoms. The molecule has 1 heterocycles. The van der Waals surface area contributed by atoms with Crippen LogP contribution in [0.2, 0.25) is 0 Å². The van der Waals surface area contributed by atoms with Crippen molar-refractivity contribution in [3.8, 4) is 0 Å². The summed E-state index contributed by atoms with van der Waals surface area (Å²) in [6, 6.07) is 9.21. The third-order valence-electron chi connectivity index (χ3n) is 3.35. The van der Waals surface area contributed by atoms with E-state index in [4.69, 9.17) is 0 Å². The van der Waals surface area contributed by atoms with Crippen molar-refractivity contribution in [1.82, 2.24) is 15.1 Å². The number of rotatable bonds is 6. The van der Waals surface area contributed by atoms with Gasteiger partial charge in [-0.2, -0.15) is 5.10 Å². The van der Waals surface area contributed by atoms with Gasteiger partial charge in [0.05, 0.1) is 6.20 Å². The normalized spacial score (nSPS) is 12.6. The van der Waals surface area contributed by atoms with E-state index in [-0.39, 0.29) is 0 Å². The lowest BCUT2D eigenvalue weighted by Gasteiger charge is -2.16. The van der Waals surface area contributed by atoms with Crippen molar-refractivity contribution in [3.05, 3.63) is 47.8 Å². The molecule has 0 saturated carbocycles. The lowest BCUT2D eigenvalue weighted by molar-refractivity contribution is 0.549. The molecule has 0 amide bonds. The minimum atomic E-state index is 0.399. The summed E-state index contributed by atoms with van der Waals surface area (Å²) in [5, 5.41) is 7.61. The predicted octanol–water partition coefficient (Wildman–Crippen LogP) is 3.04. The second-order valence-electron chi connectivity index (χ2n) is 4.68. The first-order valence-electron chi connectivity index (χ1n) is 6.51. The molecule has 0 bridgehead atoms. The van der Waals surface area contributed by atoms with Gasteiger partial charge in [-0.25, -0.2) is 0 Å². The monoisotopic (exact) mass is 275 g/mol. The summed E-state index contributed by atoms with van der Waals surface area (Å²) in [4.78, 5) is 1.31. The largest absolute Gasteiger partial charge is 0.313 e. The minimum Gasteiger partial charge on any atom is -0.313 e. The Labute approximate surface area is 119 Å². The summed E-state index contributed by atoms with van der Waals surface area (Å²) >= 11 is 1.78. The molecule has 1 N–H and O–H groups in total. The van der Waals surface area contributed by atoms with Gasteiger partial charge >= 0.3 is 0 Å². The van der Waals surface area contributed by atoms with E-state index in [2.05, 4.69) is 47.1 Å². The van der Waals surface area contributed by atoms with E-state index in [9.17, 15) is 0 Å². The maximum atomic E-state index is 4.21. The van der Waals surface area contributed by atoms with Crippen LogP contribution in [0.25, 0.3) is 0 Å². The molecule has 1 atom stereocenters. The van der Waals surface area contributed by atoms with E-state index in [1.807, 2.05) is 25.0 Å². The molecule has 2 rings (SSSR count). The highest BCUT2D eigenvalue weighted by molar-refractivity contribution is 7.98. The van der Waals surface area contributed by atoms with Crippen LogP contribution in [0.3, 0.4) is 0 Å². The van der Waals surface area contributed by atoms with Crippen molar-refractivity contribution in [2.75, 3.05) is 13.3 Å². The number of benzene rings is 1. The number of thioether (sulfide) groups is 1. The van der Waals surface area contributed by atoms with Gasteiger partial charge in [0.2, 0.25) is 0 Å². The number of hydrogen-bond donors (Lipinski definition) is 1. The fourth-order valence-electron chi connectivity index (χ4n) is 2.23. The number of nitrogens with zero attached hydrogens (tertiary/aromatic N) is 2. The van der Waals surface area contributed by atoms with Crippen molar-refractivity contribution >= 4 is 11.8 Å². The van der Waals surface area contributed by atoms with Gasteiger partial charge in [0.1, 0.15) is 0 Å². The highest BCUT2D eigenvalue weighted by atomic mass is 32.2. The zero-order chi connectivity index (χ0) is 13.7. The quantitative estimate of drug-likeness (QED) is 0.822. The summed E-state index contributed by atoms with van der Waals surface area (Å²) in [7, 11) is 3.98.